The average molecular weight is 504 g/mol. The third kappa shape index (κ3) is 6.34. The largest absolute Gasteiger partial charge is 0.493 e. The fourth-order valence-electron chi connectivity index (χ4n) is 3.37. The molecule has 0 atom stereocenters. The van der Waals surface area contributed by atoms with E-state index in [0.717, 1.165) is 11.1 Å². The minimum atomic E-state index is -0.955. The minimum Gasteiger partial charge on any atom is -0.493 e. The summed E-state index contributed by atoms with van der Waals surface area (Å²) < 4.78 is 10.6. The number of carbonyl (C=O) groups is 3. The number of nitro benzene ring substituents is 1. The van der Waals surface area contributed by atoms with Gasteiger partial charge in [-0.2, -0.15) is 5.10 Å². The summed E-state index contributed by atoms with van der Waals surface area (Å²) in [6, 6.07) is 15.4. The van der Waals surface area contributed by atoms with Crippen molar-refractivity contribution in [3.05, 3.63) is 93.0 Å². The second-order valence-electron chi connectivity index (χ2n) is 7.89. The second kappa shape index (κ2) is 11.6. The van der Waals surface area contributed by atoms with Crippen molar-refractivity contribution in [1.82, 2.24) is 5.43 Å². The van der Waals surface area contributed by atoms with E-state index in [1.807, 2.05) is 32.0 Å². The summed E-state index contributed by atoms with van der Waals surface area (Å²) in [7, 11) is 1.35. The molecule has 0 saturated heterocycles. The Morgan fingerprint density at radius 1 is 0.919 bits per heavy atom. The maximum Gasteiger partial charge on any atom is 0.350 e. The van der Waals surface area contributed by atoms with E-state index in [-0.39, 0.29) is 22.7 Å². The van der Waals surface area contributed by atoms with E-state index in [1.54, 1.807) is 13.0 Å². The molecule has 3 aromatic carbocycles. The van der Waals surface area contributed by atoms with Gasteiger partial charge in [0.1, 0.15) is 5.56 Å². The van der Waals surface area contributed by atoms with E-state index in [9.17, 15) is 24.5 Å². The molecule has 0 heterocycles. The molecule has 0 bridgehead atoms. The van der Waals surface area contributed by atoms with Crippen LogP contribution >= 0.6 is 0 Å². The number of carbonyl (C=O) groups excluding carboxylic acids is 3. The van der Waals surface area contributed by atoms with Crippen molar-refractivity contribution in [2.75, 3.05) is 12.4 Å². The number of para-hydroxylation sites is 2. The zero-order valence-electron chi connectivity index (χ0n) is 20.5. The van der Waals surface area contributed by atoms with Gasteiger partial charge in [0.05, 0.1) is 17.7 Å². The molecule has 0 aromatic heterocycles. The third-order valence-corrected chi connectivity index (χ3v) is 5.36. The lowest BCUT2D eigenvalue weighted by atomic mass is 10.1. The maximum absolute atomic E-state index is 12.5. The number of rotatable bonds is 7. The van der Waals surface area contributed by atoms with Crippen molar-refractivity contribution in [3.8, 4) is 11.5 Å². The lowest BCUT2D eigenvalue weighted by Gasteiger charge is -2.12. The van der Waals surface area contributed by atoms with Gasteiger partial charge in [-0.15, -0.1) is 0 Å². The summed E-state index contributed by atoms with van der Waals surface area (Å²) in [6.45, 7) is 5.23. The van der Waals surface area contributed by atoms with Gasteiger partial charge < -0.3 is 14.8 Å². The first-order valence-electron chi connectivity index (χ1n) is 11.0. The molecule has 0 fully saturated rings. The number of amides is 2. The fourth-order valence-corrected chi connectivity index (χ4v) is 3.37. The highest BCUT2D eigenvalue weighted by atomic mass is 16.6. The average Bonchev–Trinajstić information content (AvgIpc) is 2.89. The van der Waals surface area contributed by atoms with Gasteiger partial charge in [-0.3, -0.25) is 19.7 Å². The molecule has 0 aliphatic carbocycles. The Balaban J connectivity index is 1.72. The van der Waals surface area contributed by atoms with Crippen LogP contribution in [-0.4, -0.2) is 35.5 Å². The van der Waals surface area contributed by atoms with E-state index in [1.165, 1.54) is 43.5 Å². The van der Waals surface area contributed by atoms with Crippen LogP contribution < -0.4 is 20.2 Å². The zero-order chi connectivity index (χ0) is 27.1. The quantitative estimate of drug-likeness (QED) is 0.124. The molecule has 0 aliphatic rings. The summed E-state index contributed by atoms with van der Waals surface area (Å²) in [6.07, 6.45) is 0. The summed E-state index contributed by atoms with van der Waals surface area (Å²) in [5, 5.41) is 17.7. The number of esters is 1. The minimum absolute atomic E-state index is 0.0271. The standard InChI is InChI=1S/C26H24N4O7/c1-15-8-7-9-16(2)23(15)27-24(31)25(32)29-28-17(3)18-12-13-21(22(14-18)36-4)37-26(33)19-10-5-6-11-20(19)30(34)35/h5-14H,1-4H3,(H,27,31)(H,29,32)/b28-17+. The Morgan fingerprint density at radius 3 is 2.24 bits per heavy atom. The van der Waals surface area contributed by atoms with Gasteiger partial charge in [0.2, 0.25) is 0 Å². The van der Waals surface area contributed by atoms with Gasteiger partial charge in [0, 0.05) is 17.3 Å². The highest BCUT2D eigenvalue weighted by molar-refractivity contribution is 6.39. The Morgan fingerprint density at radius 2 is 1.59 bits per heavy atom. The van der Waals surface area contributed by atoms with E-state index in [0.29, 0.717) is 17.0 Å². The molecule has 11 nitrogen and oxygen atoms in total. The molecule has 0 spiro atoms. The number of nitrogens with one attached hydrogen (secondary N) is 2. The molecule has 37 heavy (non-hydrogen) atoms. The predicted molar refractivity (Wildman–Crippen MR) is 136 cm³/mol. The number of nitro groups is 1. The molecule has 3 rings (SSSR count). The summed E-state index contributed by atoms with van der Waals surface area (Å²) in [5.74, 6) is -2.57. The molecule has 2 amide bonds. The van der Waals surface area contributed by atoms with Crippen LogP contribution in [0.5, 0.6) is 11.5 Å². The third-order valence-electron chi connectivity index (χ3n) is 5.36. The maximum atomic E-state index is 12.5. The molecule has 0 saturated carbocycles. The van der Waals surface area contributed by atoms with E-state index in [4.69, 9.17) is 9.47 Å². The van der Waals surface area contributed by atoms with Crippen LogP contribution in [0.15, 0.2) is 65.8 Å². The van der Waals surface area contributed by atoms with Crippen LogP contribution in [0.2, 0.25) is 0 Å². The van der Waals surface area contributed by atoms with Crippen molar-refractivity contribution >= 4 is 34.9 Å². The summed E-state index contributed by atoms with van der Waals surface area (Å²) >= 11 is 0. The summed E-state index contributed by atoms with van der Waals surface area (Å²) in [5.41, 5.74) is 4.63. The van der Waals surface area contributed by atoms with Crippen molar-refractivity contribution in [2.24, 2.45) is 5.10 Å². The van der Waals surface area contributed by atoms with Crippen molar-refractivity contribution in [2.45, 2.75) is 20.8 Å². The van der Waals surface area contributed by atoms with Gasteiger partial charge in [-0.1, -0.05) is 30.3 Å². The van der Waals surface area contributed by atoms with E-state index >= 15 is 0 Å². The van der Waals surface area contributed by atoms with Crippen LogP contribution in [0.3, 0.4) is 0 Å². The predicted octanol–water partition coefficient (Wildman–Crippen LogP) is 3.92. The number of hydrazone groups is 1. The summed E-state index contributed by atoms with van der Waals surface area (Å²) in [4.78, 5) is 47.6. The van der Waals surface area contributed by atoms with Crippen LogP contribution in [0.1, 0.15) is 34.0 Å². The van der Waals surface area contributed by atoms with E-state index < -0.39 is 22.7 Å². The van der Waals surface area contributed by atoms with Crippen LogP contribution in [0.25, 0.3) is 0 Å². The smallest absolute Gasteiger partial charge is 0.350 e. The van der Waals surface area contributed by atoms with Crippen LogP contribution in [0.4, 0.5) is 11.4 Å². The molecule has 0 unspecified atom stereocenters. The lowest BCUT2D eigenvalue weighted by molar-refractivity contribution is -0.385. The van der Waals surface area contributed by atoms with Gasteiger partial charge in [0.25, 0.3) is 5.69 Å². The lowest BCUT2D eigenvalue weighted by Crippen LogP contribution is -2.33. The number of nitrogens with zero attached hydrogens (tertiary/aromatic N) is 2. The SMILES string of the molecule is COc1cc(/C(C)=N/NC(=O)C(=O)Nc2c(C)cccc2C)ccc1OC(=O)c1ccccc1[N+](=O)[O-]. The Bertz CT molecular complexity index is 1400. The highest BCUT2D eigenvalue weighted by Crippen LogP contribution is 2.30. The number of aryl methyl sites for hydroxylation is 2. The van der Waals surface area contributed by atoms with Crippen molar-refractivity contribution in [3.63, 3.8) is 0 Å². The molecule has 190 valence electrons. The molecule has 2 N–H and O–H groups in total. The number of methoxy groups -OCH3 is 1. The monoisotopic (exact) mass is 504 g/mol. The van der Waals surface area contributed by atoms with Gasteiger partial charge >= 0.3 is 17.8 Å². The van der Waals surface area contributed by atoms with Crippen LogP contribution in [-0.2, 0) is 9.59 Å². The fraction of sp³-hybridized carbons (Fsp3) is 0.154. The topological polar surface area (TPSA) is 149 Å². The van der Waals surface area contributed by atoms with Gasteiger partial charge in [-0.05, 0) is 56.2 Å². The molecular weight excluding hydrogens is 480 g/mol. The normalized spacial score (nSPS) is 10.9. The molecular formula is C26H24N4O7. The molecule has 0 aliphatic heterocycles. The Kier molecular flexibility index (Phi) is 8.31. The van der Waals surface area contributed by atoms with Crippen LogP contribution in [0, 0.1) is 24.0 Å². The van der Waals surface area contributed by atoms with Crippen molar-refractivity contribution in [1.29, 1.82) is 0 Å². The number of anilines is 1. The second-order valence-corrected chi connectivity index (χ2v) is 7.89. The number of hydrogen-bond donors (Lipinski definition) is 2. The van der Waals surface area contributed by atoms with Gasteiger partial charge in [-0.25, -0.2) is 10.2 Å². The van der Waals surface area contributed by atoms with E-state index in [2.05, 4.69) is 15.8 Å². The first-order valence-corrected chi connectivity index (χ1v) is 11.0. The Hall–Kier alpha value is -5.06. The highest BCUT2D eigenvalue weighted by Gasteiger charge is 2.22. The van der Waals surface area contributed by atoms with Crippen molar-refractivity contribution < 1.29 is 28.8 Å². The first kappa shape index (κ1) is 26.5. The number of ether oxygens (including phenoxy) is 2. The molecule has 11 heteroatoms. The number of benzene rings is 3. The Labute approximate surface area is 212 Å². The first-order chi connectivity index (χ1) is 17.6. The number of hydrogen-bond acceptors (Lipinski definition) is 8. The molecule has 0 radical (unpaired) electrons. The van der Waals surface area contributed by atoms with Gasteiger partial charge in [0.15, 0.2) is 11.5 Å². The zero-order valence-corrected chi connectivity index (χ0v) is 20.5. The molecule has 3 aromatic rings.